The number of hydrogen-bond donors (Lipinski definition) is 1. The van der Waals surface area contributed by atoms with Crippen molar-refractivity contribution in [3.8, 4) is 5.75 Å². The average Bonchev–Trinajstić information content (AvgIpc) is 2.70. The number of halogens is 2. The molecule has 0 aliphatic carbocycles. The lowest BCUT2D eigenvalue weighted by molar-refractivity contribution is 0.295. The highest BCUT2D eigenvalue weighted by Gasteiger charge is 2.13. The topological polar surface area (TPSA) is 100 Å². The third-order valence-corrected chi connectivity index (χ3v) is 5.57. The predicted molar refractivity (Wildman–Crippen MR) is 135 cm³/mol. The number of rotatable bonds is 9. The maximum atomic E-state index is 6.22. The Morgan fingerprint density at radius 1 is 1.03 bits per heavy atom. The lowest BCUT2D eigenvalue weighted by Gasteiger charge is -2.22. The van der Waals surface area contributed by atoms with Crippen LogP contribution in [-0.2, 0) is 0 Å². The molecule has 0 saturated heterocycles. The van der Waals surface area contributed by atoms with Gasteiger partial charge in [-0.25, -0.2) is 4.98 Å². The lowest BCUT2D eigenvalue weighted by Crippen LogP contribution is -2.25. The molecule has 3 aromatic rings. The van der Waals surface area contributed by atoms with Crippen molar-refractivity contribution in [1.82, 2.24) is 9.88 Å². The fraction of sp³-hybridized carbons (Fsp3) is 0.435. The Bertz CT molecular complexity index is 952. The molecule has 1 aromatic heterocycles. The molecular weight excluding hydrogens is 437 g/mol. The zero-order chi connectivity index (χ0) is 20.1. The molecule has 5 N–H and O–H groups in total. The molecule has 0 radical (unpaired) electrons. The number of anilines is 1. The lowest BCUT2D eigenvalue weighted by atomic mass is 10.1. The molecule has 0 aliphatic rings. The average molecular weight is 472 g/mol. The van der Waals surface area contributed by atoms with Crippen LogP contribution >= 0.6 is 24.0 Å². The van der Waals surface area contributed by atoms with Gasteiger partial charge in [0.05, 0.1) is 23.8 Å². The van der Waals surface area contributed by atoms with Crippen molar-refractivity contribution in [3.63, 3.8) is 0 Å². The quantitative estimate of drug-likeness (QED) is 0.455. The van der Waals surface area contributed by atoms with Gasteiger partial charge in [0.2, 0.25) is 0 Å². The van der Waals surface area contributed by atoms with Gasteiger partial charge in [-0.2, -0.15) is 0 Å². The number of nitrogens with zero attached hydrogens (tertiary/aromatic N) is 2. The summed E-state index contributed by atoms with van der Waals surface area (Å²) in [6.45, 7) is 10.0. The summed E-state index contributed by atoms with van der Waals surface area (Å²) >= 11 is 6.22. The number of nitrogens with one attached hydrogen (secondary N) is 1. The Hall–Kier alpha value is -1.83. The van der Waals surface area contributed by atoms with Crippen LogP contribution in [0, 0.1) is 0 Å². The largest absolute Gasteiger partial charge is 0.497 e. The molecular formula is C23H35Cl2N3O3. The van der Waals surface area contributed by atoms with Gasteiger partial charge in [-0.1, -0.05) is 25.4 Å². The highest BCUT2D eigenvalue weighted by molar-refractivity contribution is 6.31. The minimum absolute atomic E-state index is 0. The van der Waals surface area contributed by atoms with Gasteiger partial charge in [0.1, 0.15) is 5.75 Å². The van der Waals surface area contributed by atoms with E-state index >= 15 is 0 Å². The van der Waals surface area contributed by atoms with Gasteiger partial charge in [-0.15, -0.1) is 12.4 Å². The van der Waals surface area contributed by atoms with Crippen molar-refractivity contribution in [3.05, 3.63) is 41.4 Å². The van der Waals surface area contributed by atoms with Crippen molar-refractivity contribution < 1.29 is 15.7 Å². The van der Waals surface area contributed by atoms with Crippen LogP contribution in [0.4, 0.5) is 5.69 Å². The maximum Gasteiger partial charge on any atom is 0.119 e. The van der Waals surface area contributed by atoms with E-state index in [4.69, 9.17) is 21.3 Å². The zero-order valence-corrected chi connectivity index (χ0v) is 20.2. The second-order valence-corrected chi connectivity index (χ2v) is 7.68. The number of aromatic nitrogens is 1. The first kappa shape index (κ1) is 29.2. The van der Waals surface area contributed by atoms with E-state index in [-0.39, 0.29) is 23.4 Å². The third kappa shape index (κ3) is 7.09. The van der Waals surface area contributed by atoms with E-state index in [2.05, 4.69) is 43.1 Å². The normalized spacial score (nSPS) is 11.4. The van der Waals surface area contributed by atoms with Crippen LogP contribution in [0.3, 0.4) is 0 Å². The summed E-state index contributed by atoms with van der Waals surface area (Å²) in [4.78, 5) is 7.27. The molecule has 2 aromatic carbocycles. The maximum absolute atomic E-state index is 6.22. The van der Waals surface area contributed by atoms with Crippen molar-refractivity contribution in [2.24, 2.45) is 0 Å². The van der Waals surface area contributed by atoms with Crippen LogP contribution in [0.25, 0.3) is 21.8 Å². The molecule has 0 aliphatic heterocycles. The van der Waals surface area contributed by atoms with Gasteiger partial charge >= 0.3 is 0 Å². The van der Waals surface area contributed by atoms with Gasteiger partial charge in [0.25, 0.3) is 0 Å². The molecule has 1 heterocycles. The summed E-state index contributed by atoms with van der Waals surface area (Å²) in [5.74, 6) is 0.833. The molecule has 0 spiro atoms. The highest BCUT2D eigenvalue weighted by atomic mass is 35.5. The van der Waals surface area contributed by atoms with Gasteiger partial charge in [-0.05, 0) is 75.8 Å². The van der Waals surface area contributed by atoms with Crippen molar-refractivity contribution in [2.45, 2.75) is 39.7 Å². The summed E-state index contributed by atoms with van der Waals surface area (Å²) in [5.41, 5.74) is 2.95. The molecule has 3 rings (SSSR count). The van der Waals surface area contributed by atoms with Crippen LogP contribution in [-0.4, -0.2) is 53.6 Å². The van der Waals surface area contributed by atoms with Gasteiger partial charge in [0.15, 0.2) is 0 Å². The van der Waals surface area contributed by atoms with Crippen molar-refractivity contribution in [1.29, 1.82) is 0 Å². The van der Waals surface area contributed by atoms with Gasteiger partial charge in [-0.3, -0.25) is 0 Å². The Kier molecular flexibility index (Phi) is 12.8. The Morgan fingerprint density at radius 3 is 2.39 bits per heavy atom. The number of methoxy groups -OCH3 is 1. The third-order valence-electron chi connectivity index (χ3n) is 5.34. The minimum Gasteiger partial charge on any atom is -0.497 e. The molecule has 0 saturated carbocycles. The standard InChI is InChI=1S/C23H30ClN3O.ClH.2H2O/c1-5-27(6-2)13-7-8-16(3)25-23-19-11-9-17(24)14-22(19)26-21-12-10-18(28-4)15-20(21)23;;;/h9-12,14-16H,5-8,13H2,1-4H3,(H,25,26);1H;2*1H2. The molecule has 1 atom stereocenters. The van der Waals surface area contributed by atoms with Crippen LogP contribution in [0.5, 0.6) is 5.75 Å². The zero-order valence-electron chi connectivity index (χ0n) is 18.7. The number of ether oxygens (including phenoxy) is 1. The molecule has 31 heavy (non-hydrogen) atoms. The molecule has 1 unspecified atom stereocenters. The number of pyridine rings is 1. The summed E-state index contributed by atoms with van der Waals surface area (Å²) in [7, 11) is 1.69. The molecule has 0 fully saturated rings. The van der Waals surface area contributed by atoms with Crippen LogP contribution in [0.2, 0.25) is 5.02 Å². The first-order valence-electron chi connectivity index (χ1n) is 10.1. The summed E-state index contributed by atoms with van der Waals surface area (Å²) in [6, 6.07) is 12.3. The predicted octanol–water partition coefficient (Wildman–Crippen LogP) is 4.74. The molecule has 0 bridgehead atoms. The monoisotopic (exact) mass is 471 g/mol. The van der Waals surface area contributed by atoms with Crippen molar-refractivity contribution in [2.75, 3.05) is 32.1 Å². The minimum atomic E-state index is 0. The summed E-state index contributed by atoms with van der Waals surface area (Å²) in [6.07, 6.45) is 2.28. The second-order valence-electron chi connectivity index (χ2n) is 7.25. The Morgan fingerprint density at radius 2 is 1.74 bits per heavy atom. The SMILES string of the molecule is CCN(CC)CCCC(C)Nc1c2ccc(Cl)cc2nc2ccc(OC)cc12.Cl.O.O. The smallest absolute Gasteiger partial charge is 0.119 e. The van der Waals surface area contributed by atoms with Gasteiger partial charge < -0.3 is 25.9 Å². The van der Waals surface area contributed by atoms with Crippen molar-refractivity contribution >= 4 is 51.5 Å². The summed E-state index contributed by atoms with van der Waals surface area (Å²) in [5, 5.41) is 6.61. The first-order chi connectivity index (χ1) is 13.5. The second kappa shape index (κ2) is 13.6. The van der Waals surface area contributed by atoms with E-state index in [1.54, 1.807) is 7.11 Å². The van der Waals surface area contributed by atoms with Gasteiger partial charge in [0, 0.05) is 21.8 Å². The summed E-state index contributed by atoms with van der Waals surface area (Å²) < 4.78 is 5.45. The van der Waals surface area contributed by atoms with E-state index in [0.29, 0.717) is 11.1 Å². The first-order valence-corrected chi connectivity index (χ1v) is 10.5. The Labute approximate surface area is 196 Å². The van der Waals surface area contributed by atoms with Crippen LogP contribution in [0.15, 0.2) is 36.4 Å². The highest BCUT2D eigenvalue weighted by Crippen LogP contribution is 2.34. The fourth-order valence-electron chi connectivity index (χ4n) is 3.66. The molecule has 174 valence electrons. The molecule has 0 amide bonds. The van der Waals surface area contributed by atoms with E-state index in [1.807, 2.05) is 24.3 Å². The molecule has 6 nitrogen and oxygen atoms in total. The number of hydrogen-bond acceptors (Lipinski definition) is 4. The van der Waals surface area contributed by atoms with E-state index in [9.17, 15) is 0 Å². The Balaban J connectivity index is 0.00000300. The van der Waals surface area contributed by atoms with E-state index in [1.165, 1.54) is 6.42 Å². The van der Waals surface area contributed by atoms with E-state index < -0.39 is 0 Å². The fourth-order valence-corrected chi connectivity index (χ4v) is 3.82. The number of fused-ring (bicyclic) bond motifs is 2. The van der Waals surface area contributed by atoms with Crippen LogP contribution < -0.4 is 10.1 Å². The van der Waals surface area contributed by atoms with E-state index in [0.717, 1.165) is 59.3 Å². The number of benzene rings is 2. The van der Waals surface area contributed by atoms with Crippen LogP contribution in [0.1, 0.15) is 33.6 Å². The molecule has 8 heteroatoms.